The van der Waals surface area contributed by atoms with E-state index in [1.807, 2.05) is 0 Å². The molecule has 0 spiro atoms. The van der Waals surface area contributed by atoms with Gasteiger partial charge in [0, 0.05) is 19.2 Å². The van der Waals surface area contributed by atoms with Crippen molar-refractivity contribution >= 4 is 11.9 Å². The van der Waals surface area contributed by atoms with E-state index in [9.17, 15) is 9.59 Å². The lowest BCUT2D eigenvalue weighted by molar-refractivity contribution is 0.0850. The van der Waals surface area contributed by atoms with Crippen molar-refractivity contribution in [2.24, 2.45) is 5.73 Å². The summed E-state index contributed by atoms with van der Waals surface area (Å²) >= 11 is 0. The Hall–Kier alpha value is -1.89. The van der Waals surface area contributed by atoms with Crippen molar-refractivity contribution in [3.8, 4) is 0 Å². The number of hydrogen-bond donors (Lipinski definition) is 2. The van der Waals surface area contributed by atoms with E-state index in [1.54, 1.807) is 6.92 Å². The van der Waals surface area contributed by atoms with Gasteiger partial charge in [-0.1, -0.05) is 0 Å². The summed E-state index contributed by atoms with van der Waals surface area (Å²) < 4.78 is 6.23. The average molecular weight is 251 g/mol. The molecule has 1 aromatic heterocycles. The van der Waals surface area contributed by atoms with Crippen molar-refractivity contribution in [2.45, 2.75) is 25.9 Å². The molecule has 1 aliphatic heterocycles. The lowest BCUT2D eigenvalue weighted by Gasteiger charge is -2.10. The fraction of sp³-hybridized carbons (Fsp3) is 0.545. The number of aryl methyl sites for hydroxylation is 1. The predicted octanol–water partition coefficient (Wildman–Crippen LogP) is -0.173. The first kappa shape index (κ1) is 12.6. The minimum atomic E-state index is -0.804. The summed E-state index contributed by atoms with van der Waals surface area (Å²) in [5.41, 5.74) is 5.59. The van der Waals surface area contributed by atoms with E-state index < -0.39 is 11.9 Å². The van der Waals surface area contributed by atoms with Crippen LogP contribution < -0.4 is 11.1 Å². The van der Waals surface area contributed by atoms with Gasteiger partial charge in [-0.05, 0) is 19.8 Å². The Balaban J connectivity index is 2.01. The van der Waals surface area contributed by atoms with E-state index in [0.29, 0.717) is 12.2 Å². The SMILES string of the molecule is Cc1[c]c(C(=O)NC[C@H]2CCCO2)n(C(N)=O)n1. The van der Waals surface area contributed by atoms with E-state index in [2.05, 4.69) is 16.5 Å². The summed E-state index contributed by atoms with van der Waals surface area (Å²) in [6.45, 7) is 2.77. The van der Waals surface area contributed by atoms with Gasteiger partial charge < -0.3 is 15.8 Å². The second-order valence-corrected chi connectivity index (χ2v) is 4.15. The first-order chi connectivity index (χ1) is 8.58. The summed E-state index contributed by atoms with van der Waals surface area (Å²) in [5.74, 6) is -0.426. The van der Waals surface area contributed by atoms with E-state index in [1.165, 1.54) is 0 Å². The van der Waals surface area contributed by atoms with Crippen molar-refractivity contribution in [1.82, 2.24) is 15.1 Å². The average Bonchev–Trinajstić information content (AvgIpc) is 2.94. The van der Waals surface area contributed by atoms with Crippen LogP contribution in [0.2, 0.25) is 0 Å². The van der Waals surface area contributed by atoms with E-state index >= 15 is 0 Å². The van der Waals surface area contributed by atoms with Crippen molar-refractivity contribution in [3.63, 3.8) is 0 Å². The lowest BCUT2D eigenvalue weighted by Crippen LogP contribution is -2.35. The molecule has 2 rings (SSSR count). The molecule has 2 heterocycles. The molecular weight excluding hydrogens is 236 g/mol. The number of primary amides is 1. The highest BCUT2D eigenvalue weighted by Crippen LogP contribution is 2.11. The Morgan fingerprint density at radius 1 is 1.67 bits per heavy atom. The van der Waals surface area contributed by atoms with Gasteiger partial charge in [-0.3, -0.25) is 4.79 Å². The number of nitrogens with zero attached hydrogens (tertiary/aromatic N) is 2. The van der Waals surface area contributed by atoms with Gasteiger partial charge in [0.05, 0.1) is 11.8 Å². The molecule has 7 heteroatoms. The summed E-state index contributed by atoms with van der Waals surface area (Å²) in [7, 11) is 0. The molecule has 7 nitrogen and oxygen atoms in total. The van der Waals surface area contributed by atoms with Crippen LogP contribution in [0.15, 0.2) is 0 Å². The van der Waals surface area contributed by atoms with Crippen LogP contribution in [0.25, 0.3) is 0 Å². The maximum absolute atomic E-state index is 11.9. The number of ether oxygens (including phenoxy) is 1. The topological polar surface area (TPSA) is 99.2 Å². The summed E-state index contributed by atoms with van der Waals surface area (Å²) in [4.78, 5) is 23.0. The predicted molar refractivity (Wildman–Crippen MR) is 62.1 cm³/mol. The molecule has 0 aliphatic carbocycles. The molecule has 1 aromatic rings. The van der Waals surface area contributed by atoms with Gasteiger partial charge in [0.2, 0.25) is 0 Å². The zero-order valence-electron chi connectivity index (χ0n) is 10.1. The quantitative estimate of drug-likeness (QED) is 0.778. The Kier molecular flexibility index (Phi) is 3.61. The van der Waals surface area contributed by atoms with Crippen LogP contribution in [0.3, 0.4) is 0 Å². The van der Waals surface area contributed by atoms with Gasteiger partial charge in [-0.25, -0.2) is 4.79 Å². The maximum atomic E-state index is 11.9. The smallest absolute Gasteiger partial charge is 0.340 e. The zero-order chi connectivity index (χ0) is 13.1. The molecule has 3 N–H and O–H groups in total. The molecule has 1 saturated heterocycles. The monoisotopic (exact) mass is 251 g/mol. The molecule has 97 valence electrons. The fourth-order valence-corrected chi connectivity index (χ4v) is 1.86. The van der Waals surface area contributed by atoms with Gasteiger partial charge in [-0.15, -0.1) is 0 Å². The molecule has 1 aliphatic rings. The van der Waals surface area contributed by atoms with Crippen LogP contribution in [0.4, 0.5) is 4.79 Å². The highest BCUT2D eigenvalue weighted by atomic mass is 16.5. The normalized spacial score (nSPS) is 18.8. The lowest BCUT2D eigenvalue weighted by atomic mass is 10.2. The zero-order valence-corrected chi connectivity index (χ0v) is 10.1. The number of hydrogen-bond acceptors (Lipinski definition) is 4. The van der Waals surface area contributed by atoms with Crippen LogP contribution in [0.1, 0.15) is 29.0 Å². The Morgan fingerprint density at radius 3 is 3.06 bits per heavy atom. The summed E-state index contributed by atoms with van der Waals surface area (Å²) in [5, 5.41) is 6.49. The van der Waals surface area contributed by atoms with Gasteiger partial charge in [-0.2, -0.15) is 9.78 Å². The van der Waals surface area contributed by atoms with Gasteiger partial charge in [0.15, 0.2) is 0 Å². The van der Waals surface area contributed by atoms with Gasteiger partial charge in [0.25, 0.3) is 5.91 Å². The van der Waals surface area contributed by atoms with Crippen molar-refractivity contribution < 1.29 is 14.3 Å². The number of nitrogens with two attached hydrogens (primary N) is 1. The number of aromatic nitrogens is 2. The number of carbonyl (C=O) groups excluding carboxylic acids is 2. The van der Waals surface area contributed by atoms with Gasteiger partial charge >= 0.3 is 6.03 Å². The van der Waals surface area contributed by atoms with Crippen LogP contribution in [0.5, 0.6) is 0 Å². The standard InChI is InChI=1S/C11H15N4O3/c1-7-5-9(15(14-7)11(12)17)10(16)13-6-8-3-2-4-18-8/h8H,2-4,6H2,1H3,(H2,12,17)(H,13,16)/t8-/m1/s1. The molecule has 1 radical (unpaired) electrons. The fourth-order valence-electron chi connectivity index (χ4n) is 1.86. The van der Waals surface area contributed by atoms with Crippen LogP contribution in [-0.2, 0) is 4.74 Å². The summed E-state index contributed by atoms with van der Waals surface area (Å²) in [6, 6.07) is 1.90. The van der Waals surface area contributed by atoms with Crippen molar-refractivity contribution in [2.75, 3.05) is 13.2 Å². The van der Waals surface area contributed by atoms with Crippen LogP contribution in [-0.4, -0.2) is 41.0 Å². The Bertz CT molecular complexity index is 463. The first-order valence-electron chi connectivity index (χ1n) is 5.76. The van der Waals surface area contributed by atoms with Crippen LogP contribution in [0, 0.1) is 13.0 Å². The molecule has 2 amide bonds. The molecule has 0 unspecified atom stereocenters. The molecule has 0 saturated carbocycles. The number of rotatable bonds is 3. The largest absolute Gasteiger partial charge is 0.376 e. The van der Waals surface area contributed by atoms with E-state index in [4.69, 9.17) is 10.5 Å². The highest BCUT2D eigenvalue weighted by molar-refractivity contribution is 5.95. The number of nitrogens with one attached hydrogen (secondary N) is 1. The molecule has 1 fully saturated rings. The van der Waals surface area contributed by atoms with E-state index in [0.717, 1.165) is 24.1 Å². The Morgan fingerprint density at radius 2 is 2.44 bits per heavy atom. The second kappa shape index (κ2) is 5.18. The molecule has 18 heavy (non-hydrogen) atoms. The van der Waals surface area contributed by atoms with Crippen molar-refractivity contribution in [1.29, 1.82) is 0 Å². The Labute approximate surface area is 104 Å². The highest BCUT2D eigenvalue weighted by Gasteiger charge is 2.20. The third-order valence-corrected chi connectivity index (χ3v) is 2.70. The molecule has 1 atom stereocenters. The van der Waals surface area contributed by atoms with Crippen LogP contribution >= 0.6 is 0 Å². The summed E-state index contributed by atoms with van der Waals surface area (Å²) in [6.07, 6.45) is 1.98. The molecular formula is C11H15N4O3. The molecule has 0 aromatic carbocycles. The maximum Gasteiger partial charge on any atom is 0.340 e. The third-order valence-electron chi connectivity index (χ3n) is 2.70. The van der Waals surface area contributed by atoms with E-state index in [-0.39, 0.29) is 11.8 Å². The van der Waals surface area contributed by atoms with Crippen molar-refractivity contribution in [3.05, 3.63) is 17.5 Å². The first-order valence-corrected chi connectivity index (χ1v) is 5.76. The number of amides is 2. The van der Waals surface area contributed by atoms with Gasteiger partial charge in [0.1, 0.15) is 5.69 Å². The molecule has 0 bridgehead atoms. The second-order valence-electron chi connectivity index (χ2n) is 4.15. The third kappa shape index (κ3) is 2.67. The minimum absolute atomic E-state index is 0.0259. The number of carbonyl (C=O) groups is 2. The minimum Gasteiger partial charge on any atom is -0.376 e.